The Bertz CT molecular complexity index is 366. The van der Waals surface area contributed by atoms with Gasteiger partial charge in [-0.3, -0.25) is 4.79 Å². The first kappa shape index (κ1) is 10.4. The van der Waals surface area contributed by atoms with E-state index in [4.69, 9.17) is 16.7 Å². The largest absolute Gasteiger partial charge is 0.396 e. The molecule has 0 aliphatic carbocycles. The number of aromatic nitrogens is 1. The molecule has 1 atom stereocenters. The van der Waals surface area contributed by atoms with E-state index in [2.05, 4.69) is 4.98 Å². The Morgan fingerprint density at radius 1 is 1.60 bits per heavy atom. The highest BCUT2D eigenvalue weighted by molar-refractivity contribution is 6.29. The molecule has 15 heavy (non-hydrogen) atoms. The van der Waals surface area contributed by atoms with Crippen LogP contribution in [0.25, 0.3) is 0 Å². The van der Waals surface area contributed by atoms with Gasteiger partial charge in [-0.1, -0.05) is 11.6 Å². The molecule has 1 saturated heterocycles. The molecule has 0 aromatic carbocycles. The zero-order valence-electron chi connectivity index (χ0n) is 8.06. The zero-order valence-corrected chi connectivity index (χ0v) is 8.81. The van der Waals surface area contributed by atoms with E-state index in [-0.39, 0.29) is 18.4 Å². The summed E-state index contributed by atoms with van der Waals surface area (Å²) in [6.07, 6.45) is 1.97. The van der Waals surface area contributed by atoms with Gasteiger partial charge in [0.05, 0.1) is 11.9 Å². The van der Waals surface area contributed by atoms with E-state index in [1.165, 1.54) is 0 Å². The van der Waals surface area contributed by atoms with E-state index >= 15 is 0 Å². The van der Waals surface area contributed by atoms with Crippen LogP contribution in [-0.4, -0.2) is 29.1 Å². The first-order chi connectivity index (χ1) is 7.20. The van der Waals surface area contributed by atoms with Crippen LogP contribution < -0.4 is 4.90 Å². The lowest BCUT2D eigenvalue weighted by Crippen LogP contribution is -2.24. The van der Waals surface area contributed by atoms with Crippen molar-refractivity contribution >= 4 is 23.2 Å². The van der Waals surface area contributed by atoms with Gasteiger partial charge in [-0.05, 0) is 12.1 Å². The lowest BCUT2D eigenvalue weighted by Gasteiger charge is -2.15. The highest BCUT2D eigenvalue weighted by atomic mass is 35.5. The fraction of sp³-hybridized carbons (Fsp3) is 0.400. The average molecular weight is 227 g/mol. The van der Waals surface area contributed by atoms with Crippen molar-refractivity contribution in [3.8, 4) is 0 Å². The maximum atomic E-state index is 11.6. The number of hydrogen-bond acceptors (Lipinski definition) is 3. The van der Waals surface area contributed by atoms with Gasteiger partial charge in [0.15, 0.2) is 0 Å². The predicted octanol–water partition coefficient (Wildman–Crippen LogP) is 1.08. The summed E-state index contributed by atoms with van der Waals surface area (Å²) in [5.74, 6) is 0.0614. The van der Waals surface area contributed by atoms with Crippen molar-refractivity contribution in [2.75, 3.05) is 18.1 Å². The summed E-state index contributed by atoms with van der Waals surface area (Å²) in [7, 11) is 0. The Hall–Kier alpha value is -1.13. The molecule has 1 aliphatic rings. The monoisotopic (exact) mass is 226 g/mol. The van der Waals surface area contributed by atoms with E-state index in [0.717, 1.165) is 5.69 Å². The summed E-state index contributed by atoms with van der Waals surface area (Å²) >= 11 is 5.66. The van der Waals surface area contributed by atoms with Gasteiger partial charge in [0.2, 0.25) is 5.91 Å². The maximum Gasteiger partial charge on any atom is 0.227 e. The van der Waals surface area contributed by atoms with Gasteiger partial charge in [0.25, 0.3) is 0 Å². The van der Waals surface area contributed by atoms with Crippen LogP contribution in [0, 0.1) is 5.92 Å². The Labute approximate surface area is 92.5 Å². The minimum atomic E-state index is 0.0261. The number of aliphatic hydroxyl groups excluding tert-OH is 1. The van der Waals surface area contributed by atoms with Gasteiger partial charge in [0, 0.05) is 25.5 Å². The Balaban J connectivity index is 2.18. The average Bonchev–Trinajstić information content (AvgIpc) is 2.61. The van der Waals surface area contributed by atoms with Gasteiger partial charge in [-0.15, -0.1) is 0 Å². The summed E-state index contributed by atoms with van der Waals surface area (Å²) in [6, 6.07) is 3.41. The zero-order chi connectivity index (χ0) is 10.8. The third kappa shape index (κ3) is 2.11. The minimum Gasteiger partial charge on any atom is -0.396 e. The number of hydrogen-bond donors (Lipinski definition) is 1. The molecule has 1 fully saturated rings. The predicted molar refractivity (Wildman–Crippen MR) is 56.8 cm³/mol. The molecular formula is C10H11ClN2O2. The third-order valence-corrected chi connectivity index (χ3v) is 2.71. The lowest BCUT2D eigenvalue weighted by atomic mass is 10.1. The minimum absolute atomic E-state index is 0.0261. The van der Waals surface area contributed by atoms with Crippen molar-refractivity contribution in [3.05, 3.63) is 23.5 Å². The quantitative estimate of drug-likeness (QED) is 0.768. The molecule has 0 saturated carbocycles. The van der Waals surface area contributed by atoms with Gasteiger partial charge < -0.3 is 10.0 Å². The van der Waals surface area contributed by atoms with Crippen LogP contribution in [0.2, 0.25) is 5.15 Å². The van der Waals surface area contributed by atoms with Crippen molar-refractivity contribution in [2.45, 2.75) is 6.42 Å². The topological polar surface area (TPSA) is 53.4 Å². The number of carbonyl (C=O) groups is 1. The van der Waals surface area contributed by atoms with Crippen LogP contribution >= 0.6 is 11.6 Å². The lowest BCUT2D eigenvalue weighted by molar-refractivity contribution is -0.117. The first-order valence-electron chi connectivity index (χ1n) is 4.73. The Morgan fingerprint density at radius 2 is 2.40 bits per heavy atom. The molecule has 1 aromatic rings. The fourth-order valence-corrected chi connectivity index (χ4v) is 1.79. The molecule has 5 heteroatoms. The number of halogens is 1. The number of pyridine rings is 1. The van der Waals surface area contributed by atoms with Crippen LogP contribution in [0.4, 0.5) is 5.69 Å². The molecule has 0 bridgehead atoms. The van der Waals surface area contributed by atoms with Crippen molar-refractivity contribution in [1.29, 1.82) is 0 Å². The molecule has 80 valence electrons. The molecule has 1 unspecified atom stereocenters. The van der Waals surface area contributed by atoms with Gasteiger partial charge >= 0.3 is 0 Å². The number of carbonyl (C=O) groups excluding carboxylic acids is 1. The summed E-state index contributed by atoms with van der Waals surface area (Å²) in [5.41, 5.74) is 0.736. The SMILES string of the molecule is O=C1CC(CO)CN1c1ccc(Cl)nc1. The summed E-state index contributed by atoms with van der Waals surface area (Å²) in [4.78, 5) is 17.1. The van der Waals surface area contributed by atoms with Crippen LogP contribution in [0.1, 0.15) is 6.42 Å². The Morgan fingerprint density at radius 3 is 2.93 bits per heavy atom. The Kier molecular flexibility index (Phi) is 2.88. The van der Waals surface area contributed by atoms with Gasteiger partial charge in [-0.2, -0.15) is 0 Å². The van der Waals surface area contributed by atoms with Crippen molar-refractivity contribution in [3.63, 3.8) is 0 Å². The molecule has 0 spiro atoms. The van der Waals surface area contributed by atoms with E-state index in [0.29, 0.717) is 18.1 Å². The second-order valence-corrected chi connectivity index (χ2v) is 3.98. The summed E-state index contributed by atoms with van der Waals surface area (Å²) < 4.78 is 0. The van der Waals surface area contributed by atoms with E-state index in [1.807, 2.05) is 0 Å². The summed E-state index contributed by atoms with van der Waals surface area (Å²) in [5, 5.41) is 9.38. The molecule has 1 amide bonds. The van der Waals surface area contributed by atoms with E-state index < -0.39 is 0 Å². The second-order valence-electron chi connectivity index (χ2n) is 3.60. The van der Waals surface area contributed by atoms with Crippen LogP contribution in [-0.2, 0) is 4.79 Å². The summed E-state index contributed by atoms with van der Waals surface area (Å²) in [6.45, 7) is 0.599. The van der Waals surface area contributed by atoms with E-state index in [9.17, 15) is 4.79 Å². The first-order valence-corrected chi connectivity index (χ1v) is 5.11. The van der Waals surface area contributed by atoms with Gasteiger partial charge in [0.1, 0.15) is 5.15 Å². The normalized spacial score (nSPS) is 21.1. The fourth-order valence-electron chi connectivity index (χ4n) is 1.68. The molecule has 0 radical (unpaired) electrons. The standard InChI is InChI=1S/C10H11ClN2O2/c11-9-2-1-8(4-12-9)13-5-7(6-14)3-10(13)15/h1-2,4,7,14H,3,5-6H2. The second kappa shape index (κ2) is 4.16. The highest BCUT2D eigenvalue weighted by Crippen LogP contribution is 2.24. The highest BCUT2D eigenvalue weighted by Gasteiger charge is 2.29. The number of aliphatic hydroxyl groups is 1. The molecule has 2 rings (SSSR count). The number of nitrogens with zero attached hydrogens (tertiary/aromatic N) is 2. The van der Waals surface area contributed by atoms with Crippen LogP contribution in [0.15, 0.2) is 18.3 Å². The molecule has 1 N–H and O–H groups in total. The molecule has 4 nitrogen and oxygen atoms in total. The van der Waals surface area contributed by atoms with E-state index in [1.54, 1.807) is 23.2 Å². The molecule has 1 aromatic heterocycles. The number of rotatable bonds is 2. The maximum absolute atomic E-state index is 11.6. The molecule has 1 aliphatic heterocycles. The number of amides is 1. The van der Waals surface area contributed by atoms with Crippen molar-refractivity contribution in [2.24, 2.45) is 5.92 Å². The molecule has 2 heterocycles. The van der Waals surface area contributed by atoms with Crippen LogP contribution in [0.5, 0.6) is 0 Å². The smallest absolute Gasteiger partial charge is 0.227 e. The van der Waals surface area contributed by atoms with Crippen molar-refractivity contribution in [1.82, 2.24) is 4.98 Å². The van der Waals surface area contributed by atoms with Gasteiger partial charge in [-0.25, -0.2) is 4.98 Å². The number of anilines is 1. The van der Waals surface area contributed by atoms with Crippen molar-refractivity contribution < 1.29 is 9.90 Å². The third-order valence-electron chi connectivity index (χ3n) is 2.49. The molecular weight excluding hydrogens is 216 g/mol. The van der Waals surface area contributed by atoms with Crippen LogP contribution in [0.3, 0.4) is 0 Å².